The molecule has 0 heterocycles. The number of carboxylic acid groups (broad SMARTS) is 1. The molecule has 0 bridgehead atoms. The van der Waals surface area contributed by atoms with Crippen molar-refractivity contribution in [3.63, 3.8) is 0 Å². The van der Waals surface area contributed by atoms with E-state index in [-0.39, 0.29) is 12.7 Å². The lowest BCUT2D eigenvalue weighted by molar-refractivity contribution is 0.154. The molecule has 1 aliphatic carbocycles. The van der Waals surface area contributed by atoms with Gasteiger partial charge >= 0.3 is 6.09 Å². The van der Waals surface area contributed by atoms with Crippen LogP contribution in [0.3, 0.4) is 0 Å². The smallest absolute Gasteiger partial charge is 0.404 e. The summed E-state index contributed by atoms with van der Waals surface area (Å²) in [5.41, 5.74) is 0. The molecule has 0 saturated heterocycles. The number of hydrogen-bond donors (Lipinski definition) is 2. The molecule has 1 saturated carbocycles. The van der Waals surface area contributed by atoms with Crippen LogP contribution in [0.25, 0.3) is 0 Å². The van der Waals surface area contributed by atoms with Crippen molar-refractivity contribution < 1.29 is 14.3 Å². The summed E-state index contributed by atoms with van der Waals surface area (Å²) in [6.45, 7) is 0.158. The molecule has 2 N–H and O–H groups in total. The molecule has 0 aromatic carbocycles. The van der Waals surface area contributed by atoms with Gasteiger partial charge in [0.25, 0.3) is 0 Å². The highest BCUT2D eigenvalue weighted by molar-refractivity contribution is 5.64. The van der Waals surface area contributed by atoms with Gasteiger partial charge in [0.1, 0.15) is 6.67 Å². The predicted molar refractivity (Wildman–Crippen MR) is 55.8 cm³/mol. The molecule has 1 amide bonds. The van der Waals surface area contributed by atoms with Gasteiger partial charge in [-0.3, -0.25) is 0 Å². The molecule has 0 aliphatic heterocycles. The highest BCUT2D eigenvalue weighted by Gasteiger charge is 2.24. The lowest BCUT2D eigenvalue weighted by Crippen LogP contribution is -2.42. The van der Waals surface area contributed by atoms with E-state index in [0.29, 0.717) is 12.6 Å². The van der Waals surface area contributed by atoms with Crippen molar-refractivity contribution >= 4 is 6.09 Å². The van der Waals surface area contributed by atoms with Crippen LogP contribution >= 0.6 is 0 Å². The Labute approximate surface area is 89.4 Å². The standard InChI is InChI=1S/C10H19FN2O2/c1-13(7-6-11)9-4-2-8(3-5-9)12-10(14)15/h8-9,12H,2-7H2,1H3,(H,14,15)/t8-,9-. The van der Waals surface area contributed by atoms with E-state index >= 15 is 0 Å². The number of carbonyl (C=O) groups is 1. The van der Waals surface area contributed by atoms with Gasteiger partial charge in [0.2, 0.25) is 0 Å². The largest absolute Gasteiger partial charge is 0.465 e. The molecule has 0 spiro atoms. The Balaban J connectivity index is 2.26. The van der Waals surface area contributed by atoms with E-state index in [1.54, 1.807) is 0 Å². The first kappa shape index (κ1) is 12.2. The molecule has 15 heavy (non-hydrogen) atoms. The van der Waals surface area contributed by atoms with Gasteiger partial charge in [-0.2, -0.15) is 0 Å². The van der Waals surface area contributed by atoms with E-state index in [0.717, 1.165) is 25.7 Å². The Bertz CT molecular complexity index is 206. The molecule has 88 valence electrons. The van der Waals surface area contributed by atoms with E-state index in [4.69, 9.17) is 5.11 Å². The van der Waals surface area contributed by atoms with Crippen molar-refractivity contribution in [3.05, 3.63) is 0 Å². The molecular formula is C10H19FN2O2. The van der Waals surface area contributed by atoms with Crippen molar-refractivity contribution in [2.45, 2.75) is 37.8 Å². The molecule has 0 radical (unpaired) electrons. The topological polar surface area (TPSA) is 52.6 Å². The van der Waals surface area contributed by atoms with Crippen LogP contribution in [-0.4, -0.2) is 48.5 Å². The summed E-state index contributed by atoms with van der Waals surface area (Å²) in [5.74, 6) is 0. The second-order valence-corrected chi connectivity index (χ2v) is 4.12. The Kier molecular flexibility index (Phi) is 4.81. The summed E-state index contributed by atoms with van der Waals surface area (Å²) in [4.78, 5) is 12.4. The second-order valence-electron chi connectivity index (χ2n) is 4.12. The highest BCUT2D eigenvalue weighted by atomic mass is 19.1. The highest BCUT2D eigenvalue weighted by Crippen LogP contribution is 2.22. The summed E-state index contributed by atoms with van der Waals surface area (Å²) < 4.78 is 12.1. The lowest BCUT2D eigenvalue weighted by Gasteiger charge is -2.34. The monoisotopic (exact) mass is 218 g/mol. The van der Waals surface area contributed by atoms with Gasteiger partial charge in [-0.1, -0.05) is 0 Å². The normalized spacial score (nSPS) is 26.6. The van der Waals surface area contributed by atoms with E-state index in [1.165, 1.54) is 0 Å². The zero-order valence-corrected chi connectivity index (χ0v) is 9.08. The van der Waals surface area contributed by atoms with Crippen molar-refractivity contribution in [1.82, 2.24) is 10.2 Å². The Morgan fingerprint density at radius 2 is 2.07 bits per heavy atom. The minimum atomic E-state index is -0.949. The maximum atomic E-state index is 12.1. The molecule has 4 nitrogen and oxygen atoms in total. The first-order valence-corrected chi connectivity index (χ1v) is 5.39. The summed E-state index contributed by atoms with van der Waals surface area (Å²) in [5, 5.41) is 11.1. The number of nitrogens with zero attached hydrogens (tertiary/aromatic N) is 1. The van der Waals surface area contributed by atoms with Gasteiger partial charge in [-0.15, -0.1) is 0 Å². The zero-order chi connectivity index (χ0) is 11.3. The first-order valence-electron chi connectivity index (χ1n) is 5.39. The minimum Gasteiger partial charge on any atom is -0.465 e. The molecule has 0 aromatic rings. The van der Waals surface area contributed by atoms with Crippen molar-refractivity contribution in [2.75, 3.05) is 20.3 Å². The molecule has 0 aromatic heterocycles. The van der Waals surface area contributed by atoms with Crippen molar-refractivity contribution in [3.8, 4) is 0 Å². The molecule has 1 fully saturated rings. The van der Waals surface area contributed by atoms with Crippen LogP contribution in [0.4, 0.5) is 9.18 Å². The number of nitrogens with one attached hydrogen (secondary N) is 1. The molecular weight excluding hydrogens is 199 g/mol. The Hall–Kier alpha value is -0.840. The van der Waals surface area contributed by atoms with Crippen LogP contribution in [0.5, 0.6) is 0 Å². The lowest BCUT2D eigenvalue weighted by atomic mass is 9.90. The number of hydrogen-bond acceptors (Lipinski definition) is 2. The number of halogens is 1. The van der Waals surface area contributed by atoms with Crippen LogP contribution in [0.2, 0.25) is 0 Å². The van der Waals surface area contributed by atoms with Gasteiger partial charge in [0.15, 0.2) is 0 Å². The third-order valence-corrected chi connectivity index (χ3v) is 3.08. The zero-order valence-electron chi connectivity index (χ0n) is 9.08. The van der Waals surface area contributed by atoms with Crippen LogP contribution in [0.15, 0.2) is 0 Å². The summed E-state index contributed by atoms with van der Waals surface area (Å²) in [7, 11) is 1.93. The molecule has 5 heteroatoms. The van der Waals surface area contributed by atoms with Gasteiger partial charge in [0.05, 0.1) is 0 Å². The quantitative estimate of drug-likeness (QED) is 0.751. The van der Waals surface area contributed by atoms with E-state index in [1.807, 2.05) is 11.9 Å². The van der Waals surface area contributed by atoms with Gasteiger partial charge in [-0.25, -0.2) is 9.18 Å². The van der Waals surface area contributed by atoms with Gasteiger partial charge in [0, 0.05) is 18.6 Å². The van der Waals surface area contributed by atoms with E-state index in [2.05, 4.69) is 5.32 Å². The fraction of sp³-hybridized carbons (Fsp3) is 0.900. The number of amides is 1. The van der Waals surface area contributed by atoms with E-state index in [9.17, 15) is 9.18 Å². The SMILES string of the molecule is CN(CCF)[C@H]1CC[C@H](NC(=O)O)CC1. The number of alkyl halides is 1. The summed E-state index contributed by atoms with van der Waals surface area (Å²) in [6.07, 6.45) is 2.65. The van der Waals surface area contributed by atoms with Crippen molar-refractivity contribution in [2.24, 2.45) is 0 Å². The summed E-state index contributed by atoms with van der Waals surface area (Å²) in [6, 6.07) is 0.491. The van der Waals surface area contributed by atoms with Crippen LogP contribution in [0.1, 0.15) is 25.7 Å². The number of rotatable bonds is 4. The third-order valence-electron chi connectivity index (χ3n) is 3.08. The fourth-order valence-electron chi connectivity index (χ4n) is 2.15. The Morgan fingerprint density at radius 1 is 1.47 bits per heavy atom. The molecule has 0 atom stereocenters. The van der Waals surface area contributed by atoms with Crippen LogP contribution in [0, 0.1) is 0 Å². The second kappa shape index (κ2) is 5.90. The van der Waals surface area contributed by atoms with Gasteiger partial charge < -0.3 is 15.3 Å². The average Bonchev–Trinajstić information content (AvgIpc) is 2.18. The maximum Gasteiger partial charge on any atom is 0.404 e. The first-order chi connectivity index (χ1) is 7.13. The minimum absolute atomic E-state index is 0.0810. The van der Waals surface area contributed by atoms with Crippen LogP contribution < -0.4 is 5.32 Å². The molecule has 1 aliphatic rings. The molecule has 1 rings (SSSR count). The van der Waals surface area contributed by atoms with Crippen LogP contribution in [-0.2, 0) is 0 Å². The average molecular weight is 218 g/mol. The fourth-order valence-corrected chi connectivity index (χ4v) is 2.15. The molecule has 0 unspecified atom stereocenters. The summed E-state index contributed by atoms with van der Waals surface area (Å²) >= 11 is 0. The predicted octanol–water partition coefficient (Wildman–Crippen LogP) is 1.47. The maximum absolute atomic E-state index is 12.1. The van der Waals surface area contributed by atoms with Gasteiger partial charge in [-0.05, 0) is 32.7 Å². The Morgan fingerprint density at radius 3 is 2.53 bits per heavy atom. The third kappa shape index (κ3) is 4.03. The van der Waals surface area contributed by atoms with Crippen molar-refractivity contribution in [1.29, 1.82) is 0 Å². The van der Waals surface area contributed by atoms with E-state index < -0.39 is 6.09 Å².